The number of benzene rings is 1. The number of ether oxygens (including phenoxy) is 1. The predicted octanol–water partition coefficient (Wildman–Crippen LogP) is 1.96. The van der Waals surface area contributed by atoms with Gasteiger partial charge in [-0.05, 0) is 24.3 Å². The quantitative estimate of drug-likeness (QED) is 0.914. The summed E-state index contributed by atoms with van der Waals surface area (Å²) in [6, 6.07) is 10.0. The Hall–Kier alpha value is -2.28. The maximum Gasteiger partial charge on any atom is 0.267 e. The highest BCUT2D eigenvalue weighted by Crippen LogP contribution is 2.32. The van der Waals surface area contributed by atoms with E-state index in [4.69, 9.17) is 4.74 Å². The van der Waals surface area contributed by atoms with E-state index in [1.54, 1.807) is 37.4 Å². The van der Waals surface area contributed by atoms with Gasteiger partial charge in [-0.1, -0.05) is 12.1 Å². The number of hydrogen-bond donors (Lipinski definition) is 1. The summed E-state index contributed by atoms with van der Waals surface area (Å²) < 4.78 is 31.9. The van der Waals surface area contributed by atoms with Crippen LogP contribution in [0.4, 0.5) is 11.5 Å². The van der Waals surface area contributed by atoms with E-state index < -0.39 is 10.0 Å². The second-order valence-electron chi connectivity index (χ2n) is 4.24. The summed E-state index contributed by atoms with van der Waals surface area (Å²) in [5.41, 5.74) is 0.464. The van der Waals surface area contributed by atoms with Gasteiger partial charge in [-0.2, -0.15) is 0 Å². The molecule has 1 N–H and O–H groups in total. The molecule has 2 aromatic rings. The number of aromatic nitrogens is 1. The summed E-state index contributed by atoms with van der Waals surface area (Å²) in [7, 11) is 0.878. The molecule has 0 unspecified atom stereocenters. The second-order valence-corrected chi connectivity index (χ2v) is 6.18. The molecule has 0 atom stereocenters. The number of para-hydroxylation sites is 2. The molecular formula is C14H17N3O3S. The molecule has 1 aromatic heterocycles. The predicted molar refractivity (Wildman–Crippen MR) is 82.4 cm³/mol. The number of sulfonamides is 1. The van der Waals surface area contributed by atoms with E-state index in [1.165, 1.54) is 30.7 Å². The topological polar surface area (TPSA) is 71.5 Å². The van der Waals surface area contributed by atoms with Gasteiger partial charge in [-0.15, -0.1) is 0 Å². The third kappa shape index (κ3) is 2.78. The van der Waals surface area contributed by atoms with Crippen molar-refractivity contribution in [2.75, 3.05) is 30.8 Å². The zero-order valence-corrected chi connectivity index (χ0v) is 12.9. The molecule has 21 heavy (non-hydrogen) atoms. The first kappa shape index (κ1) is 15.1. The molecule has 1 heterocycles. The van der Waals surface area contributed by atoms with Crippen molar-refractivity contribution in [2.45, 2.75) is 4.90 Å². The largest absolute Gasteiger partial charge is 0.495 e. The van der Waals surface area contributed by atoms with E-state index >= 15 is 0 Å². The van der Waals surface area contributed by atoms with E-state index in [2.05, 4.69) is 10.3 Å². The van der Waals surface area contributed by atoms with E-state index in [1.807, 2.05) is 0 Å². The Morgan fingerprint density at radius 3 is 2.57 bits per heavy atom. The number of nitrogens with zero attached hydrogens (tertiary/aromatic N) is 2. The number of anilines is 2. The summed E-state index contributed by atoms with van der Waals surface area (Å²) in [4.78, 5) is 4.15. The lowest BCUT2D eigenvalue weighted by molar-refractivity contribution is 0.416. The minimum atomic E-state index is -3.74. The number of pyridine rings is 1. The Morgan fingerprint density at radius 1 is 1.19 bits per heavy atom. The Labute approximate surface area is 124 Å². The molecule has 0 fully saturated rings. The minimum Gasteiger partial charge on any atom is -0.495 e. The van der Waals surface area contributed by atoms with Crippen molar-refractivity contribution >= 4 is 21.5 Å². The maximum absolute atomic E-state index is 12.8. The molecule has 0 spiro atoms. The Balaban J connectivity index is 2.53. The summed E-state index contributed by atoms with van der Waals surface area (Å²) >= 11 is 0. The maximum atomic E-state index is 12.8. The first-order chi connectivity index (χ1) is 10.0. The molecule has 112 valence electrons. The fraction of sp³-hybridized carbons (Fsp3) is 0.214. The summed E-state index contributed by atoms with van der Waals surface area (Å²) in [5.74, 6) is 0.790. The normalized spacial score (nSPS) is 11.0. The van der Waals surface area contributed by atoms with Crippen LogP contribution in [0.3, 0.4) is 0 Å². The van der Waals surface area contributed by atoms with Gasteiger partial charge in [0.05, 0.1) is 12.8 Å². The lowest BCUT2D eigenvalue weighted by Gasteiger charge is -2.22. The fourth-order valence-corrected chi connectivity index (χ4v) is 3.31. The minimum absolute atomic E-state index is 0.112. The monoisotopic (exact) mass is 307 g/mol. The second kappa shape index (κ2) is 6.01. The van der Waals surface area contributed by atoms with Gasteiger partial charge in [0.1, 0.15) is 16.5 Å². The molecule has 0 saturated heterocycles. The van der Waals surface area contributed by atoms with E-state index in [0.717, 1.165) is 0 Å². The van der Waals surface area contributed by atoms with Gasteiger partial charge in [0.15, 0.2) is 0 Å². The fourth-order valence-electron chi connectivity index (χ4n) is 1.95. The highest BCUT2D eigenvalue weighted by molar-refractivity contribution is 7.93. The van der Waals surface area contributed by atoms with Crippen LogP contribution in [0, 0.1) is 0 Å². The van der Waals surface area contributed by atoms with Gasteiger partial charge in [0, 0.05) is 20.3 Å². The number of rotatable bonds is 5. The third-order valence-electron chi connectivity index (χ3n) is 3.07. The molecule has 0 aliphatic carbocycles. The number of hydrogen-bond acceptors (Lipinski definition) is 5. The van der Waals surface area contributed by atoms with Crippen molar-refractivity contribution in [3.05, 3.63) is 42.6 Å². The van der Waals surface area contributed by atoms with Gasteiger partial charge < -0.3 is 10.1 Å². The molecule has 0 amide bonds. The van der Waals surface area contributed by atoms with Crippen LogP contribution in [0.25, 0.3) is 0 Å². The lowest BCUT2D eigenvalue weighted by atomic mass is 10.3. The van der Waals surface area contributed by atoms with Crippen LogP contribution in [0.1, 0.15) is 0 Å². The van der Waals surface area contributed by atoms with Gasteiger partial charge in [-0.3, -0.25) is 4.31 Å². The van der Waals surface area contributed by atoms with Crippen molar-refractivity contribution in [1.82, 2.24) is 4.98 Å². The molecular weight excluding hydrogens is 290 g/mol. The standard InChI is InChI=1S/C14H17N3O3S/c1-15-14-13(9-6-10-16-14)21(18,19)17(2)11-7-4-5-8-12(11)20-3/h4-10H,1-3H3,(H,15,16). The number of nitrogens with one attached hydrogen (secondary N) is 1. The molecule has 0 aliphatic heterocycles. The Kier molecular flexibility index (Phi) is 4.32. The molecule has 2 rings (SSSR count). The number of methoxy groups -OCH3 is 1. The summed E-state index contributed by atoms with van der Waals surface area (Å²) in [5, 5.41) is 2.79. The van der Waals surface area contributed by atoms with Gasteiger partial charge in [0.25, 0.3) is 10.0 Å². The molecule has 0 aliphatic rings. The van der Waals surface area contributed by atoms with Gasteiger partial charge in [-0.25, -0.2) is 13.4 Å². The van der Waals surface area contributed by atoms with E-state index in [0.29, 0.717) is 17.3 Å². The summed E-state index contributed by atoms with van der Waals surface area (Å²) in [6.45, 7) is 0. The van der Waals surface area contributed by atoms with E-state index in [9.17, 15) is 8.42 Å². The SMILES string of the molecule is CNc1ncccc1S(=O)(=O)N(C)c1ccccc1OC. The van der Waals surface area contributed by atoms with Crippen LogP contribution in [-0.2, 0) is 10.0 Å². The van der Waals surface area contributed by atoms with Crippen LogP contribution in [-0.4, -0.2) is 34.6 Å². The first-order valence-corrected chi connectivity index (χ1v) is 7.71. The molecule has 6 nitrogen and oxygen atoms in total. The zero-order chi connectivity index (χ0) is 15.5. The average molecular weight is 307 g/mol. The van der Waals surface area contributed by atoms with Crippen molar-refractivity contribution in [3.8, 4) is 5.75 Å². The van der Waals surface area contributed by atoms with Crippen molar-refractivity contribution in [2.24, 2.45) is 0 Å². The molecule has 0 saturated carbocycles. The Morgan fingerprint density at radius 2 is 1.90 bits per heavy atom. The van der Waals surface area contributed by atoms with Crippen molar-refractivity contribution in [3.63, 3.8) is 0 Å². The first-order valence-electron chi connectivity index (χ1n) is 6.27. The lowest BCUT2D eigenvalue weighted by Crippen LogP contribution is -2.27. The van der Waals surface area contributed by atoms with E-state index in [-0.39, 0.29) is 4.90 Å². The Bertz CT molecular complexity index is 732. The highest BCUT2D eigenvalue weighted by Gasteiger charge is 2.26. The van der Waals surface area contributed by atoms with Crippen LogP contribution in [0.15, 0.2) is 47.5 Å². The molecule has 1 aromatic carbocycles. The van der Waals surface area contributed by atoms with Crippen molar-refractivity contribution in [1.29, 1.82) is 0 Å². The molecule has 0 bridgehead atoms. The van der Waals surface area contributed by atoms with Crippen molar-refractivity contribution < 1.29 is 13.2 Å². The highest BCUT2D eigenvalue weighted by atomic mass is 32.2. The van der Waals surface area contributed by atoms with Gasteiger partial charge >= 0.3 is 0 Å². The third-order valence-corrected chi connectivity index (χ3v) is 4.87. The van der Waals surface area contributed by atoms with Crippen LogP contribution < -0.4 is 14.4 Å². The smallest absolute Gasteiger partial charge is 0.267 e. The van der Waals surface area contributed by atoms with Crippen LogP contribution >= 0.6 is 0 Å². The molecule has 7 heteroatoms. The summed E-state index contributed by atoms with van der Waals surface area (Å²) in [6.07, 6.45) is 1.54. The zero-order valence-electron chi connectivity index (χ0n) is 12.1. The van der Waals surface area contributed by atoms with Crippen LogP contribution in [0.2, 0.25) is 0 Å². The molecule has 0 radical (unpaired) electrons. The average Bonchev–Trinajstić information content (AvgIpc) is 2.53. The van der Waals surface area contributed by atoms with Gasteiger partial charge in [0.2, 0.25) is 0 Å². The van der Waals surface area contributed by atoms with Crippen LogP contribution in [0.5, 0.6) is 5.75 Å².